The first-order valence-electron chi connectivity index (χ1n) is 5.92. The van der Waals surface area contributed by atoms with Crippen LogP contribution in [0.3, 0.4) is 0 Å². The van der Waals surface area contributed by atoms with Gasteiger partial charge in [-0.15, -0.1) is 0 Å². The van der Waals surface area contributed by atoms with Gasteiger partial charge in [-0.2, -0.15) is 0 Å². The largest absolute Gasteiger partial charge is 0.374 e. The van der Waals surface area contributed by atoms with Gasteiger partial charge in [0, 0.05) is 26.7 Å². The van der Waals surface area contributed by atoms with E-state index in [4.69, 9.17) is 4.74 Å². The first kappa shape index (κ1) is 12.5. The second-order valence-corrected chi connectivity index (χ2v) is 4.71. The molecule has 1 N–H and O–H groups in total. The third-order valence-corrected chi connectivity index (χ3v) is 3.32. The molecule has 96 valence electrons. The van der Waals surface area contributed by atoms with Crippen LogP contribution < -0.4 is 5.32 Å². The van der Waals surface area contributed by atoms with Crippen molar-refractivity contribution in [2.75, 3.05) is 40.3 Å². The molecule has 17 heavy (non-hydrogen) atoms. The van der Waals surface area contributed by atoms with Gasteiger partial charge in [0.25, 0.3) is 0 Å². The Morgan fingerprint density at radius 3 is 2.76 bits per heavy atom. The molecule has 2 heterocycles. The summed E-state index contributed by atoms with van der Waals surface area (Å²) < 4.78 is 5.58. The Balaban J connectivity index is 1.79. The van der Waals surface area contributed by atoms with Crippen molar-refractivity contribution in [3.05, 3.63) is 0 Å². The molecule has 2 aliphatic rings. The zero-order valence-electron chi connectivity index (χ0n) is 10.3. The van der Waals surface area contributed by atoms with Crippen LogP contribution in [0.5, 0.6) is 0 Å². The summed E-state index contributed by atoms with van der Waals surface area (Å²) >= 11 is 0. The summed E-state index contributed by atoms with van der Waals surface area (Å²) in [4.78, 5) is 26.4. The van der Waals surface area contributed by atoms with Crippen LogP contribution in [0.15, 0.2) is 0 Å². The highest BCUT2D eigenvalue weighted by Gasteiger charge is 2.36. The molecule has 0 aromatic heterocycles. The number of ether oxygens (including phenoxy) is 1. The van der Waals surface area contributed by atoms with E-state index in [-0.39, 0.29) is 30.4 Å². The SMILES string of the molecule is CN1CCOC(CNC2CC(=O)N(C)C2=O)C1. The molecule has 6 nitrogen and oxygen atoms in total. The lowest BCUT2D eigenvalue weighted by Crippen LogP contribution is -2.48. The van der Waals surface area contributed by atoms with Gasteiger partial charge in [0.05, 0.1) is 25.2 Å². The zero-order chi connectivity index (χ0) is 12.4. The number of imide groups is 1. The molecule has 2 aliphatic heterocycles. The predicted molar refractivity (Wildman–Crippen MR) is 61.4 cm³/mol. The number of likely N-dealkylation sites (N-methyl/N-ethyl adjacent to an activating group) is 2. The van der Waals surface area contributed by atoms with Crippen molar-refractivity contribution >= 4 is 11.8 Å². The van der Waals surface area contributed by atoms with Crippen molar-refractivity contribution in [2.45, 2.75) is 18.6 Å². The molecule has 2 rings (SSSR count). The molecule has 2 unspecified atom stereocenters. The monoisotopic (exact) mass is 241 g/mol. The van der Waals surface area contributed by atoms with E-state index >= 15 is 0 Å². The van der Waals surface area contributed by atoms with Crippen molar-refractivity contribution in [1.82, 2.24) is 15.1 Å². The van der Waals surface area contributed by atoms with Gasteiger partial charge in [-0.25, -0.2) is 0 Å². The van der Waals surface area contributed by atoms with Crippen LogP contribution in [0.1, 0.15) is 6.42 Å². The number of likely N-dealkylation sites (tertiary alicyclic amines) is 1. The summed E-state index contributed by atoms with van der Waals surface area (Å²) in [6.07, 6.45) is 0.361. The van der Waals surface area contributed by atoms with Crippen molar-refractivity contribution < 1.29 is 14.3 Å². The van der Waals surface area contributed by atoms with E-state index in [1.165, 1.54) is 11.9 Å². The number of nitrogens with zero attached hydrogens (tertiary/aromatic N) is 2. The maximum Gasteiger partial charge on any atom is 0.246 e. The Labute approximate surface area is 101 Å². The van der Waals surface area contributed by atoms with Crippen LogP contribution in [0.25, 0.3) is 0 Å². The second-order valence-electron chi connectivity index (χ2n) is 4.71. The van der Waals surface area contributed by atoms with Crippen LogP contribution >= 0.6 is 0 Å². The zero-order valence-corrected chi connectivity index (χ0v) is 10.3. The Bertz CT molecular complexity index is 321. The number of hydrogen-bond donors (Lipinski definition) is 1. The fourth-order valence-corrected chi connectivity index (χ4v) is 2.18. The molecule has 0 aromatic rings. The molecule has 6 heteroatoms. The van der Waals surface area contributed by atoms with Gasteiger partial charge in [0.15, 0.2) is 0 Å². The first-order valence-corrected chi connectivity index (χ1v) is 5.92. The van der Waals surface area contributed by atoms with Crippen LogP contribution in [0.4, 0.5) is 0 Å². The number of hydrogen-bond acceptors (Lipinski definition) is 5. The smallest absolute Gasteiger partial charge is 0.246 e. The summed E-state index contributed by atoms with van der Waals surface area (Å²) in [6.45, 7) is 3.14. The Morgan fingerprint density at radius 1 is 1.41 bits per heavy atom. The summed E-state index contributed by atoms with van der Waals surface area (Å²) in [5, 5.41) is 3.12. The van der Waals surface area contributed by atoms with E-state index in [1.807, 2.05) is 7.05 Å². The van der Waals surface area contributed by atoms with Gasteiger partial charge in [-0.1, -0.05) is 0 Å². The lowest BCUT2D eigenvalue weighted by Gasteiger charge is -2.30. The highest BCUT2D eigenvalue weighted by atomic mass is 16.5. The second kappa shape index (κ2) is 5.12. The molecule has 0 saturated carbocycles. The molecule has 2 fully saturated rings. The molecule has 2 atom stereocenters. The highest BCUT2D eigenvalue weighted by Crippen LogP contribution is 2.11. The third-order valence-electron chi connectivity index (χ3n) is 3.32. The number of morpholine rings is 1. The van der Waals surface area contributed by atoms with Crippen molar-refractivity contribution in [3.8, 4) is 0 Å². The quantitative estimate of drug-likeness (QED) is 0.620. The van der Waals surface area contributed by atoms with E-state index in [2.05, 4.69) is 10.2 Å². The van der Waals surface area contributed by atoms with Crippen LogP contribution in [-0.4, -0.2) is 74.1 Å². The molecular formula is C11H19N3O3. The van der Waals surface area contributed by atoms with Gasteiger partial charge in [-0.3, -0.25) is 14.5 Å². The fraction of sp³-hybridized carbons (Fsp3) is 0.818. The number of amides is 2. The molecule has 2 amide bonds. The lowest BCUT2D eigenvalue weighted by molar-refractivity contribution is -0.137. The van der Waals surface area contributed by atoms with Crippen LogP contribution in [0, 0.1) is 0 Å². The molecule has 2 saturated heterocycles. The molecule has 0 aliphatic carbocycles. The summed E-state index contributed by atoms with van der Waals surface area (Å²) in [6, 6.07) is -0.372. The minimum absolute atomic E-state index is 0.0996. The average molecular weight is 241 g/mol. The van der Waals surface area contributed by atoms with Crippen LogP contribution in [0.2, 0.25) is 0 Å². The first-order chi connectivity index (χ1) is 8.08. The molecule has 0 aromatic carbocycles. The third kappa shape index (κ3) is 2.83. The maximum absolute atomic E-state index is 11.6. The average Bonchev–Trinajstić information content (AvgIpc) is 2.54. The number of rotatable bonds is 3. The molecule has 0 spiro atoms. The number of carbonyl (C=O) groups excluding carboxylic acids is 2. The van der Waals surface area contributed by atoms with Gasteiger partial charge in [0.2, 0.25) is 11.8 Å². The minimum Gasteiger partial charge on any atom is -0.374 e. The van der Waals surface area contributed by atoms with Gasteiger partial charge in [-0.05, 0) is 7.05 Å². The van der Waals surface area contributed by atoms with E-state index in [9.17, 15) is 9.59 Å². The highest BCUT2D eigenvalue weighted by molar-refractivity contribution is 6.05. The van der Waals surface area contributed by atoms with Gasteiger partial charge >= 0.3 is 0 Å². The normalized spacial score (nSPS) is 31.3. The van der Waals surface area contributed by atoms with E-state index in [0.717, 1.165) is 19.7 Å². The summed E-state index contributed by atoms with van der Waals surface area (Å²) in [7, 11) is 3.57. The van der Waals surface area contributed by atoms with Gasteiger partial charge < -0.3 is 15.0 Å². The topological polar surface area (TPSA) is 61.9 Å². The van der Waals surface area contributed by atoms with Gasteiger partial charge in [0.1, 0.15) is 0 Å². The lowest BCUT2D eigenvalue weighted by atomic mass is 10.2. The summed E-state index contributed by atoms with van der Waals surface area (Å²) in [5.74, 6) is -0.256. The predicted octanol–water partition coefficient (Wildman–Crippen LogP) is -1.34. The van der Waals surface area contributed by atoms with Crippen LogP contribution in [-0.2, 0) is 14.3 Å². The fourth-order valence-electron chi connectivity index (χ4n) is 2.18. The van der Waals surface area contributed by atoms with Crippen molar-refractivity contribution in [3.63, 3.8) is 0 Å². The van der Waals surface area contributed by atoms with E-state index in [1.54, 1.807) is 0 Å². The molecule has 0 bridgehead atoms. The maximum atomic E-state index is 11.6. The number of carbonyl (C=O) groups is 2. The van der Waals surface area contributed by atoms with Crippen molar-refractivity contribution in [2.24, 2.45) is 0 Å². The van der Waals surface area contributed by atoms with E-state index < -0.39 is 0 Å². The molecular weight excluding hydrogens is 222 g/mol. The standard InChI is InChI=1S/C11H19N3O3/c1-13-3-4-17-8(7-13)6-12-9-5-10(15)14(2)11(9)16/h8-9,12H,3-7H2,1-2H3. The van der Waals surface area contributed by atoms with Crippen molar-refractivity contribution in [1.29, 1.82) is 0 Å². The Kier molecular flexibility index (Phi) is 3.76. The number of nitrogens with one attached hydrogen (secondary N) is 1. The molecule has 0 radical (unpaired) electrons. The summed E-state index contributed by atoms with van der Waals surface area (Å²) in [5.41, 5.74) is 0. The minimum atomic E-state index is -0.372. The Morgan fingerprint density at radius 2 is 2.18 bits per heavy atom. The van der Waals surface area contributed by atoms with E-state index in [0.29, 0.717) is 6.54 Å². The Hall–Kier alpha value is -0.980.